The minimum Gasteiger partial charge on any atom is -0.481 e. The van der Waals surface area contributed by atoms with Gasteiger partial charge in [0.05, 0.1) is 7.11 Å². The molecule has 1 fully saturated rings. The van der Waals surface area contributed by atoms with Crippen molar-refractivity contribution in [1.82, 2.24) is 15.3 Å². The van der Waals surface area contributed by atoms with Gasteiger partial charge in [-0.3, -0.25) is 0 Å². The fourth-order valence-corrected chi connectivity index (χ4v) is 2.18. The van der Waals surface area contributed by atoms with E-state index in [0.717, 1.165) is 38.4 Å². The molecule has 5 nitrogen and oxygen atoms in total. The molecule has 1 saturated heterocycles. The molecule has 0 spiro atoms. The number of nitrogens with one attached hydrogen (secondary N) is 1. The van der Waals surface area contributed by atoms with Gasteiger partial charge in [0.1, 0.15) is 0 Å². The molecule has 1 aromatic heterocycles. The zero-order chi connectivity index (χ0) is 12.1. The van der Waals surface area contributed by atoms with E-state index in [0.29, 0.717) is 11.9 Å². The maximum atomic E-state index is 5.15. The van der Waals surface area contributed by atoms with Crippen LogP contribution >= 0.6 is 0 Å². The Morgan fingerprint density at radius 3 is 3.12 bits per heavy atom. The summed E-state index contributed by atoms with van der Waals surface area (Å²) in [7, 11) is 1.63. The molecule has 1 N–H and O–H groups in total. The molecule has 2 heterocycles. The van der Waals surface area contributed by atoms with Crippen molar-refractivity contribution in [2.24, 2.45) is 0 Å². The van der Waals surface area contributed by atoms with Crippen molar-refractivity contribution >= 4 is 5.95 Å². The second kappa shape index (κ2) is 5.82. The zero-order valence-electron chi connectivity index (χ0n) is 10.5. The first-order valence-corrected chi connectivity index (χ1v) is 6.19. The fraction of sp³-hybridized carbons (Fsp3) is 0.667. The number of aromatic nitrogens is 2. The Kier molecular flexibility index (Phi) is 4.14. The predicted octanol–water partition coefficient (Wildman–Crippen LogP) is 1.06. The van der Waals surface area contributed by atoms with Crippen LogP contribution in [0, 0.1) is 0 Å². The van der Waals surface area contributed by atoms with Crippen molar-refractivity contribution in [2.45, 2.75) is 25.8 Å². The third-order valence-electron chi connectivity index (χ3n) is 3.02. The quantitative estimate of drug-likeness (QED) is 0.828. The first-order chi connectivity index (χ1) is 8.35. The molecule has 2 rings (SSSR count). The summed E-state index contributed by atoms with van der Waals surface area (Å²) in [6, 6.07) is 2.28. The van der Waals surface area contributed by atoms with Crippen LogP contribution in [0.3, 0.4) is 0 Å². The molecule has 94 valence electrons. The molecule has 1 atom stereocenters. The van der Waals surface area contributed by atoms with Crippen LogP contribution in [-0.4, -0.2) is 42.8 Å². The Hall–Kier alpha value is -1.36. The fourth-order valence-electron chi connectivity index (χ4n) is 2.18. The summed E-state index contributed by atoms with van der Waals surface area (Å²) >= 11 is 0. The van der Waals surface area contributed by atoms with Crippen LogP contribution in [0.5, 0.6) is 5.88 Å². The maximum absolute atomic E-state index is 5.15. The van der Waals surface area contributed by atoms with Gasteiger partial charge in [-0.1, -0.05) is 6.92 Å². The highest BCUT2D eigenvalue weighted by Crippen LogP contribution is 2.18. The van der Waals surface area contributed by atoms with Crippen LogP contribution in [0.25, 0.3) is 0 Å². The number of ether oxygens (including phenoxy) is 1. The van der Waals surface area contributed by atoms with E-state index in [9.17, 15) is 0 Å². The first-order valence-electron chi connectivity index (χ1n) is 6.19. The molecule has 17 heavy (non-hydrogen) atoms. The number of rotatable bonds is 5. The average molecular weight is 236 g/mol. The summed E-state index contributed by atoms with van der Waals surface area (Å²) in [5.41, 5.74) is 0. The number of nitrogens with zero attached hydrogens (tertiary/aromatic N) is 3. The lowest BCUT2D eigenvalue weighted by Crippen LogP contribution is -2.38. The maximum Gasteiger partial charge on any atom is 0.228 e. The van der Waals surface area contributed by atoms with Crippen LogP contribution in [0.2, 0.25) is 0 Å². The van der Waals surface area contributed by atoms with Crippen LogP contribution in [0.4, 0.5) is 5.95 Å². The number of anilines is 1. The smallest absolute Gasteiger partial charge is 0.228 e. The van der Waals surface area contributed by atoms with Gasteiger partial charge in [-0.05, 0) is 19.4 Å². The SMILES string of the molecule is CCCN(c1nccc(OC)n1)C1CCNC1. The first kappa shape index (κ1) is 12.1. The van der Waals surface area contributed by atoms with Gasteiger partial charge in [0.25, 0.3) is 0 Å². The summed E-state index contributed by atoms with van der Waals surface area (Å²) in [5.74, 6) is 1.40. The average Bonchev–Trinajstić information content (AvgIpc) is 2.89. The van der Waals surface area contributed by atoms with Gasteiger partial charge in [-0.2, -0.15) is 4.98 Å². The van der Waals surface area contributed by atoms with Crippen molar-refractivity contribution < 1.29 is 4.74 Å². The zero-order valence-corrected chi connectivity index (χ0v) is 10.5. The normalized spacial score (nSPS) is 19.3. The lowest BCUT2D eigenvalue weighted by atomic mass is 10.2. The lowest BCUT2D eigenvalue weighted by Gasteiger charge is -2.28. The standard InChI is InChI=1S/C12H20N4O/c1-3-8-16(10-4-6-13-9-10)12-14-7-5-11(15-12)17-2/h5,7,10,13H,3-4,6,8-9H2,1-2H3. The van der Waals surface area contributed by atoms with E-state index in [1.54, 1.807) is 19.4 Å². The van der Waals surface area contributed by atoms with Gasteiger partial charge in [-0.25, -0.2) is 4.98 Å². The van der Waals surface area contributed by atoms with Crippen molar-refractivity contribution in [2.75, 3.05) is 31.6 Å². The van der Waals surface area contributed by atoms with Gasteiger partial charge in [0.2, 0.25) is 11.8 Å². The molecule has 0 saturated carbocycles. The summed E-state index contributed by atoms with van der Waals surface area (Å²) in [6.45, 7) is 5.25. The molecular formula is C12H20N4O. The molecular weight excluding hydrogens is 216 g/mol. The largest absolute Gasteiger partial charge is 0.481 e. The Morgan fingerprint density at radius 1 is 1.59 bits per heavy atom. The number of hydrogen-bond acceptors (Lipinski definition) is 5. The highest BCUT2D eigenvalue weighted by atomic mass is 16.5. The molecule has 1 unspecified atom stereocenters. The molecule has 1 aliphatic rings. The van der Waals surface area contributed by atoms with Crippen molar-refractivity contribution in [3.63, 3.8) is 0 Å². The van der Waals surface area contributed by atoms with Gasteiger partial charge in [0, 0.05) is 31.4 Å². The topological polar surface area (TPSA) is 50.3 Å². The van der Waals surface area contributed by atoms with Crippen molar-refractivity contribution in [3.05, 3.63) is 12.3 Å². The molecule has 0 amide bonds. The van der Waals surface area contributed by atoms with E-state index >= 15 is 0 Å². The highest BCUT2D eigenvalue weighted by molar-refractivity contribution is 5.34. The number of methoxy groups -OCH3 is 1. The highest BCUT2D eigenvalue weighted by Gasteiger charge is 2.23. The summed E-state index contributed by atoms with van der Waals surface area (Å²) < 4.78 is 5.15. The molecule has 1 aromatic rings. The molecule has 1 aliphatic heterocycles. The summed E-state index contributed by atoms with van der Waals surface area (Å²) in [4.78, 5) is 11.1. The Balaban J connectivity index is 2.18. The second-order valence-electron chi connectivity index (χ2n) is 4.24. The third-order valence-corrected chi connectivity index (χ3v) is 3.02. The monoisotopic (exact) mass is 236 g/mol. The summed E-state index contributed by atoms with van der Waals surface area (Å²) in [5, 5.41) is 3.38. The van der Waals surface area contributed by atoms with Gasteiger partial charge >= 0.3 is 0 Å². The molecule has 5 heteroatoms. The minimum atomic E-state index is 0.502. The van der Waals surface area contributed by atoms with Crippen molar-refractivity contribution in [3.8, 4) is 5.88 Å². The van der Waals surface area contributed by atoms with E-state index in [-0.39, 0.29) is 0 Å². The van der Waals surface area contributed by atoms with Gasteiger partial charge < -0.3 is 15.0 Å². The molecule has 0 aliphatic carbocycles. The van der Waals surface area contributed by atoms with Gasteiger partial charge in [0.15, 0.2) is 0 Å². The van der Waals surface area contributed by atoms with Gasteiger partial charge in [-0.15, -0.1) is 0 Å². The van der Waals surface area contributed by atoms with Crippen LogP contribution in [0.15, 0.2) is 12.3 Å². The Bertz CT molecular complexity index is 352. The summed E-state index contributed by atoms with van der Waals surface area (Å²) in [6.07, 6.45) is 4.00. The number of hydrogen-bond donors (Lipinski definition) is 1. The second-order valence-corrected chi connectivity index (χ2v) is 4.24. The molecule has 0 aromatic carbocycles. The predicted molar refractivity (Wildman–Crippen MR) is 67.5 cm³/mol. The Labute approximate surface area is 102 Å². The third kappa shape index (κ3) is 2.85. The van der Waals surface area contributed by atoms with Crippen molar-refractivity contribution in [1.29, 1.82) is 0 Å². The molecule has 0 radical (unpaired) electrons. The van der Waals surface area contributed by atoms with Crippen LogP contribution in [0.1, 0.15) is 19.8 Å². The van der Waals surface area contributed by atoms with Crippen LogP contribution < -0.4 is 15.0 Å². The van der Waals surface area contributed by atoms with E-state index in [1.165, 1.54) is 0 Å². The van der Waals surface area contributed by atoms with E-state index in [1.807, 2.05) is 0 Å². The minimum absolute atomic E-state index is 0.502. The van der Waals surface area contributed by atoms with E-state index < -0.39 is 0 Å². The lowest BCUT2D eigenvalue weighted by molar-refractivity contribution is 0.396. The molecule has 0 bridgehead atoms. The van der Waals surface area contributed by atoms with E-state index in [2.05, 4.69) is 27.1 Å². The Morgan fingerprint density at radius 2 is 2.47 bits per heavy atom. The van der Waals surface area contributed by atoms with E-state index in [4.69, 9.17) is 4.74 Å². The van der Waals surface area contributed by atoms with Crippen LogP contribution in [-0.2, 0) is 0 Å².